The number of ketones is 1. The predicted molar refractivity (Wildman–Crippen MR) is 67.8 cm³/mol. The molecule has 3 rings (SSSR count). The van der Waals surface area contributed by atoms with Crippen molar-refractivity contribution < 1.29 is 9.53 Å². The summed E-state index contributed by atoms with van der Waals surface area (Å²) in [5.41, 5.74) is 0.973. The summed E-state index contributed by atoms with van der Waals surface area (Å²) in [5.74, 6) is 1.10. The van der Waals surface area contributed by atoms with Crippen LogP contribution in [-0.2, 0) is 0 Å². The zero-order valence-electron chi connectivity index (χ0n) is 10.6. The number of hydrogen-bond donors (Lipinski definition) is 1. The molecule has 1 aromatic heterocycles. The van der Waals surface area contributed by atoms with Crippen LogP contribution in [0.25, 0.3) is 0 Å². The summed E-state index contributed by atoms with van der Waals surface area (Å²) in [7, 11) is 1.59. The monoisotopic (exact) mass is 246 g/mol. The summed E-state index contributed by atoms with van der Waals surface area (Å²) in [6, 6.07) is 1.79. The van der Waals surface area contributed by atoms with Gasteiger partial charge in [0.05, 0.1) is 13.3 Å². The van der Waals surface area contributed by atoms with Gasteiger partial charge in [0, 0.05) is 17.7 Å². The number of hydrogen-bond acceptors (Lipinski definition) is 4. The minimum absolute atomic E-state index is 0.202. The Morgan fingerprint density at radius 2 is 2.22 bits per heavy atom. The zero-order chi connectivity index (χ0) is 12.6. The number of pyridine rings is 1. The molecule has 1 aliphatic carbocycles. The van der Waals surface area contributed by atoms with Crippen LogP contribution >= 0.6 is 0 Å². The number of aromatic nitrogens is 1. The molecule has 4 nitrogen and oxygen atoms in total. The first kappa shape index (κ1) is 11.7. The summed E-state index contributed by atoms with van der Waals surface area (Å²) in [5, 5.41) is 3.35. The molecule has 96 valence electrons. The van der Waals surface area contributed by atoms with Crippen molar-refractivity contribution in [1.82, 2.24) is 10.3 Å². The van der Waals surface area contributed by atoms with Gasteiger partial charge in [0.2, 0.25) is 0 Å². The molecule has 0 amide bonds. The first-order chi connectivity index (χ1) is 8.75. The summed E-state index contributed by atoms with van der Waals surface area (Å²) < 4.78 is 5.12. The Balaban J connectivity index is 1.75. The van der Waals surface area contributed by atoms with Crippen molar-refractivity contribution in [3.05, 3.63) is 24.0 Å². The molecule has 1 saturated carbocycles. The molecule has 1 saturated heterocycles. The summed E-state index contributed by atoms with van der Waals surface area (Å²) in [6.07, 6.45) is 6.58. The predicted octanol–water partition coefficient (Wildman–Crippen LogP) is 1.66. The minimum atomic E-state index is 0.202. The Morgan fingerprint density at radius 3 is 2.94 bits per heavy atom. The quantitative estimate of drug-likeness (QED) is 0.824. The summed E-state index contributed by atoms with van der Waals surface area (Å²) in [6.45, 7) is 2.08. The summed E-state index contributed by atoms with van der Waals surface area (Å²) >= 11 is 0. The number of piperidine rings is 1. The van der Waals surface area contributed by atoms with Crippen molar-refractivity contribution in [2.75, 3.05) is 20.2 Å². The maximum absolute atomic E-state index is 12.4. The molecule has 18 heavy (non-hydrogen) atoms. The molecule has 1 atom stereocenters. The number of carbonyl (C=O) groups is 1. The topological polar surface area (TPSA) is 51.2 Å². The zero-order valence-corrected chi connectivity index (χ0v) is 10.6. The van der Waals surface area contributed by atoms with Crippen LogP contribution in [0.3, 0.4) is 0 Å². The molecular weight excluding hydrogens is 228 g/mol. The van der Waals surface area contributed by atoms with E-state index in [4.69, 9.17) is 4.74 Å². The van der Waals surface area contributed by atoms with E-state index in [1.807, 2.05) is 0 Å². The number of methoxy groups -OCH3 is 1. The Kier molecular flexibility index (Phi) is 2.82. The third-order valence-electron chi connectivity index (χ3n) is 4.34. The molecule has 0 bridgehead atoms. The lowest BCUT2D eigenvalue weighted by atomic mass is 9.89. The third kappa shape index (κ3) is 1.90. The molecule has 0 aromatic carbocycles. The molecular formula is C14H18N2O2. The molecule has 2 heterocycles. The van der Waals surface area contributed by atoms with Crippen molar-refractivity contribution in [2.24, 2.45) is 11.3 Å². The Bertz CT molecular complexity index is 467. The van der Waals surface area contributed by atoms with Gasteiger partial charge in [-0.05, 0) is 43.8 Å². The normalized spacial score (nSPS) is 24.8. The molecule has 1 aromatic rings. The fourth-order valence-electron chi connectivity index (χ4n) is 3.06. The second-order valence-electron chi connectivity index (χ2n) is 5.35. The van der Waals surface area contributed by atoms with Crippen LogP contribution in [0.2, 0.25) is 0 Å². The Labute approximate surface area is 107 Å². The summed E-state index contributed by atoms with van der Waals surface area (Å²) in [4.78, 5) is 16.5. The van der Waals surface area contributed by atoms with Crippen molar-refractivity contribution in [2.45, 2.75) is 19.3 Å². The van der Waals surface area contributed by atoms with Gasteiger partial charge in [-0.25, -0.2) is 0 Å². The van der Waals surface area contributed by atoms with E-state index < -0.39 is 0 Å². The van der Waals surface area contributed by atoms with E-state index in [-0.39, 0.29) is 17.1 Å². The van der Waals surface area contributed by atoms with Crippen LogP contribution < -0.4 is 10.1 Å². The number of carbonyl (C=O) groups excluding carboxylic acids is 1. The largest absolute Gasteiger partial charge is 0.495 e. The van der Waals surface area contributed by atoms with Crippen molar-refractivity contribution in [3.63, 3.8) is 0 Å². The van der Waals surface area contributed by atoms with Crippen LogP contribution in [0.5, 0.6) is 5.75 Å². The standard InChI is InChI=1S/C14H18N2O2/c1-18-11-6-10(8-16-9-11)13(17)12-7-14(12)2-4-15-5-3-14/h6,8-9,12,15H,2-5,7H2,1H3. The average molecular weight is 246 g/mol. The van der Waals surface area contributed by atoms with Gasteiger partial charge in [-0.3, -0.25) is 9.78 Å². The van der Waals surface area contributed by atoms with Crippen LogP contribution in [0.15, 0.2) is 18.5 Å². The maximum atomic E-state index is 12.4. The first-order valence-corrected chi connectivity index (χ1v) is 6.49. The number of nitrogens with zero attached hydrogens (tertiary/aromatic N) is 1. The van der Waals surface area contributed by atoms with E-state index in [0.29, 0.717) is 11.3 Å². The van der Waals surface area contributed by atoms with Gasteiger partial charge < -0.3 is 10.1 Å². The number of rotatable bonds is 3. The van der Waals surface area contributed by atoms with Crippen molar-refractivity contribution >= 4 is 5.78 Å². The van der Waals surface area contributed by atoms with Crippen LogP contribution in [-0.4, -0.2) is 31.0 Å². The molecule has 0 radical (unpaired) electrons. The molecule has 2 fully saturated rings. The van der Waals surface area contributed by atoms with E-state index >= 15 is 0 Å². The highest BCUT2D eigenvalue weighted by Crippen LogP contribution is 2.59. The molecule has 1 N–H and O–H groups in total. The van der Waals surface area contributed by atoms with Gasteiger partial charge >= 0.3 is 0 Å². The van der Waals surface area contributed by atoms with Crippen LogP contribution in [0, 0.1) is 11.3 Å². The van der Waals surface area contributed by atoms with E-state index in [9.17, 15) is 4.79 Å². The number of nitrogens with one attached hydrogen (secondary N) is 1. The van der Waals surface area contributed by atoms with E-state index in [1.54, 1.807) is 25.6 Å². The Morgan fingerprint density at radius 1 is 1.44 bits per heavy atom. The number of Topliss-reactive ketones (excluding diaryl/α,β-unsaturated/α-hetero) is 1. The maximum Gasteiger partial charge on any atom is 0.168 e. The highest BCUT2D eigenvalue weighted by molar-refractivity contribution is 6.00. The van der Waals surface area contributed by atoms with Crippen LogP contribution in [0.1, 0.15) is 29.6 Å². The van der Waals surface area contributed by atoms with E-state index in [2.05, 4.69) is 10.3 Å². The van der Waals surface area contributed by atoms with Gasteiger partial charge in [-0.2, -0.15) is 0 Å². The van der Waals surface area contributed by atoms with Gasteiger partial charge in [-0.1, -0.05) is 0 Å². The molecule has 2 aliphatic rings. The lowest BCUT2D eigenvalue weighted by molar-refractivity contribution is 0.0940. The van der Waals surface area contributed by atoms with E-state index in [1.165, 1.54) is 0 Å². The second kappa shape index (κ2) is 4.35. The highest BCUT2D eigenvalue weighted by Gasteiger charge is 2.57. The lowest BCUT2D eigenvalue weighted by Crippen LogP contribution is -2.30. The van der Waals surface area contributed by atoms with Gasteiger partial charge in [0.1, 0.15) is 5.75 Å². The van der Waals surface area contributed by atoms with Gasteiger partial charge in [0.25, 0.3) is 0 Å². The Hall–Kier alpha value is -1.42. The van der Waals surface area contributed by atoms with Crippen LogP contribution in [0.4, 0.5) is 0 Å². The molecule has 4 heteroatoms. The highest BCUT2D eigenvalue weighted by atomic mass is 16.5. The van der Waals surface area contributed by atoms with Crippen molar-refractivity contribution in [1.29, 1.82) is 0 Å². The second-order valence-corrected chi connectivity index (χ2v) is 5.35. The van der Waals surface area contributed by atoms with Gasteiger partial charge in [-0.15, -0.1) is 0 Å². The molecule has 1 spiro atoms. The first-order valence-electron chi connectivity index (χ1n) is 6.49. The SMILES string of the molecule is COc1cncc(C(=O)C2CC23CCNCC3)c1. The third-order valence-corrected chi connectivity index (χ3v) is 4.34. The van der Waals surface area contributed by atoms with Gasteiger partial charge in [0.15, 0.2) is 5.78 Å². The molecule has 1 unspecified atom stereocenters. The van der Waals surface area contributed by atoms with Crippen molar-refractivity contribution in [3.8, 4) is 5.75 Å². The lowest BCUT2D eigenvalue weighted by Gasteiger charge is -2.23. The number of ether oxygens (including phenoxy) is 1. The fraction of sp³-hybridized carbons (Fsp3) is 0.571. The van der Waals surface area contributed by atoms with E-state index in [0.717, 1.165) is 32.4 Å². The molecule has 1 aliphatic heterocycles. The average Bonchev–Trinajstić information content (AvgIpc) is 3.12. The fourth-order valence-corrected chi connectivity index (χ4v) is 3.06. The smallest absolute Gasteiger partial charge is 0.168 e. The minimum Gasteiger partial charge on any atom is -0.495 e.